The molecule has 0 aromatic heterocycles. The van der Waals surface area contributed by atoms with Crippen molar-refractivity contribution in [2.24, 2.45) is 11.7 Å². The molecular weight excluding hydrogens is 355 g/mol. The SMILES string of the molecule is CC[Si](CC)(CC)OC(C)(C1CC1)C(F)(F)c1cccc([C@@H](C)N)c1F. The minimum Gasteiger partial charge on any atom is -0.405 e. The maximum atomic E-state index is 15.8. The van der Waals surface area contributed by atoms with Crippen LogP contribution in [0.1, 0.15) is 64.6 Å². The summed E-state index contributed by atoms with van der Waals surface area (Å²) in [4.78, 5) is 0. The lowest BCUT2D eigenvalue weighted by Gasteiger charge is -2.45. The fraction of sp³-hybridized carbons (Fsp3) is 0.700. The predicted molar refractivity (Wildman–Crippen MR) is 102 cm³/mol. The summed E-state index contributed by atoms with van der Waals surface area (Å²) in [6.45, 7) is 9.14. The van der Waals surface area contributed by atoms with Gasteiger partial charge in [-0.3, -0.25) is 0 Å². The fourth-order valence-corrected chi connectivity index (χ4v) is 6.99. The molecule has 1 aromatic carbocycles. The first-order valence-electron chi connectivity index (χ1n) is 9.71. The largest absolute Gasteiger partial charge is 0.405 e. The van der Waals surface area contributed by atoms with Crippen molar-refractivity contribution in [1.82, 2.24) is 0 Å². The van der Waals surface area contributed by atoms with Crippen LogP contribution in [-0.4, -0.2) is 13.9 Å². The molecule has 1 aliphatic rings. The van der Waals surface area contributed by atoms with Crippen molar-refractivity contribution >= 4 is 8.32 Å². The highest BCUT2D eigenvalue weighted by Crippen LogP contribution is 2.56. The van der Waals surface area contributed by atoms with E-state index in [2.05, 4.69) is 0 Å². The van der Waals surface area contributed by atoms with E-state index in [4.69, 9.17) is 10.2 Å². The Hall–Kier alpha value is -0.853. The standard InChI is InChI=1S/C20H32F3NOSi/c1-6-26(7-2,8-3)25-19(5,15-12-13-15)20(22,23)17-11-9-10-16(14(4)24)18(17)21/h9-11,14-15H,6-8,12-13,24H2,1-5H3/t14-,19?/m1/s1. The Bertz CT molecular complexity index is 621. The molecule has 1 saturated carbocycles. The molecule has 2 nitrogen and oxygen atoms in total. The van der Waals surface area contributed by atoms with Crippen molar-refractivity contribution in [2.75, 3.05) is 0 Å². The van der Waals surface area contributed by atoms with Crippen LogP contribution in [0.4, 0.5) is 13.2 Å². The zero-order valence-electron chi connectivity index (χ0n) is 16.5. The summed E-state index contributed by atoms with van der Waals surface area (Å²) < 4.78 is 52.8. The first-order valence-corrected chi connectivity index (χ1v) is 12.2. The zero-order chi connectivity index (χ0) is 19.8. The highest BCUT2D eigenvalue weighted by molar-refractivity contribution is 6.73. The maximum Gasteiger partial charge on any atom is 0.303 e. The minimum absolute atomic E-state index is 0.116. The van der Waals surface area contributed by atoms with Crippen LogP contribution >= 0.6 is 0 Å². The van der Waals surface area contributed by atoms with Gasteiger partial charge in [-0.05, 0) is 56.8 Å². The molecule has 2 rings (SSSR count). The van der Waals surface area contributed by atoms with Crippen molar-refractivity contribution < 1.29 is 17.6 Å². The van der Waals surface area contributed by atoms with Crippen molar-refractivity contribution in [1.29, 1.82) is 0 Å². The quantitative estimate of drug-likeness (QED) is 0.518. The lowest BCUT2D eigenvalue weighted by atomic mass is 9.86. The second-order valence-electron chi connectivity index (χ2n) is 7.80. The molecule has 0 heterocycles. The molecule has 0 amide bonds. The third kappa shape index (κ3) is 3.60. The van der Waals surface area contributed by atoms with Gasteiger partial charge in [-0.25, -0.2) is 4.39 Å². The smallest absolute Gasteiger partial charge is 0.303 e. The number of halogens is 3. The summed E-state index contributed by atoms with van der Waals surface area (Å²) >= 11 is 0. The average Bonchev–Trinajstić information content (AvgIpc) is 3.44. The lowest BCUT2D eigenvalue weighted by molar-refractivity contribution is -0.182. The van der Waals surface area contributed by atoms with Crippen molar-refractivity contribution in [3.05, 3.63) is 35.1 Å². The van der Waals surface area contributed by atoms with Crippen molar-refractivity contribution in [2.45, 2.75) is 83.2 Å². The number of hydrogen-bond donors (Lipinski definition) is 1. The Balaban J connectivity index is 2.54. The van der Waals surface area contributed by atoms with Crippen LogP contribution in [0, 0.1) is 11.7 Å². The van der Waals surface area contributed by atoms with Crippen LogP contribution in [0.2, 0.25) is 18.1 Å². The van der Waals surface area contributed by atoms with E-state index in [1.165, 1.54) is 25.1 Å². The third-order valence-electron chi connectivity index (χ3n) is 6.20. The molecule has 0 radical (unpaired) electrons. The summed E-state index contributed by atoms with van der Waals surface area (Å²) in [5.74, 6) is -4.56. The first-order chi connectivity index (χ1) is 12.1. The van der Waals surface area contributed by atoms with E-state index in [0.29, 0.717) is 12.8 Å². The van der Waals surface area contributed by atoms with Crippen LogP contribution in [0.25, 0.3) is 0 Å². The predicted octanol–water partition coefficient (Wildman–Crippen LogP) is 6.13. The second-order valence-corrected chi connectivity index (χ2v) is 12.5. The van der Waals surface area contributed by atoms with Gasteiger partial charge in [0.15, 0.2) is 8.32 Å². The van der Waals surface area contributed by atoms with Crippen LogP contribution in [0.5, 0.6) is 0 Å². The number of rotatable bonds is 9. The molecule has 1 aliphatic carbocycles. The summed E-state index contributed by atoms with van der Waals surface area (Å²) in [6, 6.07) is 5.80. The average molecular weight is 388 g/mol. The number of hydrogen-bond acceptors (Lipinski definition) is 2. The Labute approximate surface area is 156 Å². The Morgan fingerprint density at radius 1 is 1.19 bits per heavy atom. The van der Waals surface area contributed by atoms with E-state index >= 15 is 8.78 Å². The molecule has 1 aromatic rings. The molecule has 0 saturated heterocycles. The number of alkyl halides is 2. The van der Waals surface area contributed by atoms with Gasteiger partial charge in [-0.15, -0.1) is 0 Å². The molecule has 0 spiro atoms. The molecule has 0 bridgehead atoms. The number of nitrogens with two attached hydrogens (primary N) is 1. The molecule has 2 atom stereocenters. The van der Waals surface area contributed by atoms with E-state index in [0.717, 1.165) is 18.1 Å². The van der Waals surface area contributed by atoms with E-state index in [-0.39, 0.29) is 11.5 Å². The van der Waals surface area contributed by atoms with Gasteiger partial charge in [-0.2, -0.15) is 8.78 Å². The molecule has 2 N–H and O–H groups in total. The van der Waals surface area contributed by atoms with Gasteiger partial charge in [0.2, 0.25) is 0 Å². The summed E-state index contributed by atoms with van der Waals surface area (Å²) in [7, 11) is -2.30. The van der Waals surface area contributed by atoms with E-state index in [1.54, 1.807) is 6.92 Å². The van der Waals surface area contributed by atoms with Gasteiger partial charge < -0.3 is 10.2 Å². The zero-order valence-corrected chi connectivity index (χ0v) is 17.5. The Morgan fingerprint density at radius 2 is 1.73 bits per heavy atom. The van der Waals surface area contributed by atoms with Crippen LogP contribution in [0.3, 0.4) is 0 Å². The van der Waals surface area contributed by atoms with Crippen molar-refractivity contribution in [3.8, 4) is 0 Å². The Morgan fingerprint density at radius 3 is 2.15 bits per heavy atom. The molecule has 1 fully saturated rings. The summed E-state index contributed by atoms with van der Waals surface area (Å²) in [5.41, 5.74) is 3.61. The molecule has 1 unspecified atom stereocenters. The molecule has 148 valence electrons. The van der Waals surface area contributed by atoms with Crippen molar-refractivity contribution in [3.63, 3.8) is 0 Å². The van der Waals surface area contributed by atoms with Gasteiger partial charge in [0.1, 0.15) is 11.4 Å². The van der Waals surface area contributed by atoms with Gasteiger partial charge in [-0.1, -0.05) is 32.9 Å². The topological polar surface area (TPSA) is 35.2 Å². The summed E-state index contributed by atoms with van der Waals surface area (Å²) in [6.07, 6.45) is 1.39. The second kappa shape index (κ2) is 7.64. The molecular formula is C20H32F3NOSi. The van der Waals surface area contributed by atoms with E-state index in [1.807, 2.05) is 20.8 Å². The van der Waals surface area contributed by atoms with Crippen LogP contribution in [0.15, 0.2) is 18.2 Å². The van der Waals surface area contributed by atoms with E-state index in [9.17, 15) is 4.39 Å². The maximum absolute atomic E-state index is 15.8. The minimum atomic E-state index is -3.42. The molecule has 26 heavy (non-hydrogen) atoms. The van der Waals surface area contributed by atoms with Gasteiger partial charge >= 0.3 is 5.92 Å². The highest BCUT2D eigenvalue weighted by atomic mass is 28.4. The highest BCUT2D eigenvalue weighted by Gasteiger charge is 2.63. The summed E-state index contributed by atoms with van der Waals surface area (Å²) in [5, 5.41) is 0. The monoisotopic (exact) mass is 387 g/mol. The van der Waals surface area contributed by atoms with Gasteiger partial charge in [0, 0.05) is 11.6 Å². The van der Waals surface area contributed by atoms with Gasteiger partial charge in [0.25, 0.3) is 0 Å². The number of benzene rings is 1. The van der Waals surface area contributed by atoms with Crippen LogP contribution < -0.4 is 5.73 Å². The first kappa shape index (κ1) is 21.4. The normalized spacial score (nSPS) is 19.3. The van der Waals surface area contributed by atoms with Crippen LogP contribution in [-0.2, 0) is 10.3 Å². The lowest BCUT2D eigenvalue weighted by Crippen LogP contribution is -2.55. The molecule has 6 heteroatoms. The Kier molecular flexibility index (Phi) is 6.30. The van der Waals surface area contributed by atoms with Gasteiger partial charge in [0.05, 0.1) is 5.56 Å². The fourth-order valence-electron chi connectivity index (χ4n) is 3.87. The third-order valence-corrected chi connectivity index (χ3v) is 10.9. The van der Waals surface area contributed by atoms with E-state index < -0.39 is 37.3 Å². The molecule has 0 aliphatic heterocycles.